The molecule has 3 rings (SSSR count). The monoisotopic (exact) mass is 362 g/mol. The van der Waals surface area contributed by atoms with E-state index >= 15 is 0 Å². The molecule has 2 N–H and O–H groups in total. The van der Waals surface area contributed by atoms with Gasteiger partial charge in [-0.2, -0.15) is 0 Å². The zero-order valence-electron chi connectivity index (χ0n) is 14.3. The van der Waals surface area contributed by atoms with Crippen LogP contribution in [0.4, 0.5) is 4.39 Å². The van der Waals surface area contributed by atoms with E-state index in [1.54, 1.807) is 34.4 Å². The molecule has 25 heavy (non-hydrogen) atoms. The zero-order valence-corrected chi connectivity index (χ0v) is 15.1. The summed E-state index contributed by atoms with van der Waals surface area (Å²) in [6.45, 7) is 3.61. The van der Waals surface area contributed by atoms with Crippen molar-refractivity contribution in [3.05, 3.63) is 57.5 Å². The van der Waals surface area contributed by atoms with E-state index in [2.05, 4.69) is 11.4 Å². The number of nitrogens with one attached hydrogen (secondary N) is 1. The average Bonchev–Trinajstić information content (AvgIpc) is 2.99. The lowest BCUT2D eigenvalue weighted by Gasteiger charge is -2.38. The standard InChI is InChI=1S/C19H23FN2O2S/c1-14-7-8-16(25-14)11-21-13-19(24)9-4-10-22(18(19)23)12-15-5-2-3-6-17(15)20/h2-3,5-8,21,24H,4,9-13H2,1H3. The molecule has 1 aliphatic rings. The van der Waals surface area contributed by atoms with E-state index in [0.717, 1.165) is 0 Å². The van der Waals surface area contributed by atoms with Gasteiger partial charge < -0.3 is 15.3 Å². The number of halogens is 1. The first-order valence-corrected chi connectivity index (χ1v) is 9.31. The summed E-state index contributed by atoms with van der Waals surface area (Å²) in [5.41, 5.74) is -0.947. The predicted molar refractivity (Wildman–Crippen MR) is 96.8 cm³/mol. The fourth-order valence-corrected chi connectivity index (χ4v) is 4.04. The van der Waals surface area contributed by atoms with Crippen molar-refractivity contribution in [2.45, 2.75) is 38.5 Å². The van der Waals surface area contributed by atoms with Gasteiger partial charge in [-0.05, 0) is 38.0 Å². The summed E-state index contributed by atoms with van der Waals surface area (Å²) in [6.07, 6.45) is 1.13. The Hall–Kier alpha value is -1.76. The average molecular weight is 362 g/mol. The maximum atomic E-state index is 13.8. The van der Waals surface area contributed by atoms with Crippen molar-refractivity contribution in [1.29, 1.82) is 0 Å². The number of aliphatic hydroxyl groups is 1. The molecule has 0 saturated carbocycles. The van der Waals surface area contributed by atoms with E-state index < -0.39 is 5.60 Å². The second-order valence-corrected chi connectivity index (χ2v) is 7.94. The Morgan fingerprint density at radius 3 is 2.84 bits per heavy atom. The van der Waals surface area contributed by atoms with Crippen LogP contribution in [-0.4, -0.2) is 34.6 Å². The molecular formula is C19H23FN2O2S. The van der Waals surface area contributed by atoms with E-state index in [4.69, 9.17) is 0 Å². The molecule has 1 fully saturated rings. The van der Waals surface area contributed by atoms with Gasteiger partial charge in [0.15, 0.2) is 5.60 Å². The fourth-order valence-electron chi connectivity index (χ4n) is 3.18. The number of nitrogens with zero attached hydrogens (tertiary/aromatic N) is 1. The number of hydrogen-bond donors (Lipinski definition) is 2. The van der Waals surface area contributed by atoms with Crippen molar-refractivity contribution < 1.29 is 14.3 Å². The second-order valence-electron chi connectivity index (χ2n) is 6.57. The Morgan fingerprint density at radius 2 is 2.12 bits per heavy atom. The third kappa shape index (κ3) is 4.26. The Kier molecular flexibility index (Phi) is 5.51. The number of amides is 1. The highest BCUT2D eigenvalue weighted by Crippen LogP contribution is 2.25. The van der Waals surface area contributed by atoms with E-state index in [9.17, 15) is 14.3 Å². The molecule has 1 unspecified atom stereocenters. The predicted octanol–water partition coefficient (Wildman–Crippen LogP) is 2.84. The van der Waals surface area contributed by atoms with Crippen LogP contribution in [0.25, 0.3) is 0 Å². The van der Waals surface area contributed by atoms with Crippen LogP contribution in [0.2, 0.25) is 0 Å². The number of carbonyl (C=O) groups is 1. The summed E-state index contributed by atoms with van der Waals surface area (Å²) in [5, 5.41) is 14.0. The molecule has 0 bridgehead atoms. The van der Waals surface area contributed by atoms with Crippen LogP contribution in [0.1, 0.15) is 28.2 Å². The Morgan fingerprint density at radius 1 is 1.32 bits per heavy atom. The highest BCUT2D eigenvalue weighted by atomic mass is 32.1. The van der Waals surface area contributed by atoms with Crippen LogP contribution in [-0.2, 0) is 17.9 Å². The highest BCUT2D eigenvalue weighted by molar-refractivity contribution is 7.11. The lowest BCUT2D eigenvalue weighted by atomic mass is 9.91. The second kappa shape index (κ2) is 7.64. The van der Waals surface area contributed by atoms with Crippen molar-refractivity contribution in [3.8, 4) is 0 Å². The third-order valence-electron chi connectivity index (χ3n) is 4.54. The number of likely N-dealkylation sites (tertiary alicyclic amines) is 1. The van der Waals surface area contributed by atoms with Gasteiger partial charge in [-0.25, -0.2) is 4.39 Å². The van der Waals surface area contributed by atoms with Crippen LogP contribution >= 0.6 is 11.3 Å². The lowest BCUT2D eigenvalue weighted by molar-refractivity contribution is -0.157. The van der Waals surface area contributed by atoms with Crippen molar-refractivity contribution in [2.75, 3.05) is 13.1 Å². The van der Waals surface area contributed by atoms with Crippen LogP contribution in [0, 0.1) is 12.7 Å². The van der Waals surface area contributed by atoms with Crippen molar-refractivity contribution in [2.24, 2.45) is 0 Å². The summed E-state index contributed by atoms with van der Waals surface area (Å²) in [4.78, 5) is 16.7. The molecule has 4 nitrogen and oxygen atoms in total. The van der Waals surface area contributed by atoms with Crippen LogP contribution < -0.4 is 5.32 Å². The SMILES string of the molecule is Cc1ccc(CNCC2(O)CCCN(Cc3ccccc3F)C2=O)s1. The number of piperidine rings is 1. The molecule has 1 amide bonds. The zero-order chi connectivity index (χ0) is 17.9. The first-order valence-electron chi connectivity index (χ1n) is 8.49. The normalized spacial score (nSPS) is 20.9. The molecule has 1 aromatic carbocycles. The minimum atomic E-state index is -1.42. The van der Waals surface area contributed by atoms with E-state index in [1.807, 2.05) is 13.0 Å². The van der Waals surface area contributed by atoms with Crippen molar-refractivity contribution >= 4 is 17.2 Å². The molecule has 0 aliphatic carbocycles. The molecule has 1 saturated heterocycles. The summed E-state index contributed by atoms with van der Waals surface area (Å²) in [6, 6.07) is 10.5. The molecule has 0 spiro atoms. The number of rotatable bonds is 6. The van der Waals surface area contributed by atoms with Crippen LogP contribution in [0.5, 0.6) is 0 Å². The number of hydrogen-bond acceptors (Lipinski definition) is 4. The maximum absolute atomic E-state index is 13.8. The van der Waals surface area contributed by atoms with Gasteiger partial charge in [0.25, 0.3) is 5.91 Å². The summed E-state index contributed by atoms with van der Waals surface area (Å²) >= 11 is 1.70. The fraction of sp³-hybridized carbons (Fsp3) is 0.421. The number of thiophene rings is 1. The maximum Gasteiger partial charge on any atom is 0.256 e. The van der Waals surface area contributed by atoms with Gasteiger partial charge in [-0.15, -0.1) is 11.3 Å². The Bertz CT molecular complexity index is 749. The van der Waals surface area contributed by atoms with Gasteiger partial charge in [0.05, 0.1) is 0 Å². The van der Waals surface area contributed by atoms with Gasteiger partial charge in [0, 0.05) is 41.5 Å². The quantitative estimate of drug-likeness (QED) is 0.831. The highest BCUT2D eigenvalue weighted by Gasteiger charge is 2.41. The van der Waals surface area contributed by atoms with Gasteiger partial charge in [0.1, 0.15) is 5.82 Å². The Labute approximate surface area is 151 Å². The first-order chi connectivity index (χ1) is 12.0. The molecule has 2 heterocycles. The summed E-state index contributed by atoms with van der Waals surface area (Å²) < 4.78 is 13.8. The van der Waals surface area contributed by atoms with Crippen LogP contribution in [0.3, 0.4) is 0 Å². The summed E-state index contributed by atoms with van der Waals surface area (Å²) in [7, 11) is 0. The van der Waals surface area contributed by atoms with Gasteiger partial charge in [-0.1, -0.05) is 18.2 Å². The van der Waals surface area contributed by atoms with Crippen molar-refractivity contribution in [1.82, 2.24) is 10.2 Å². The van der Waals surface area contributed by atoms with E-state index in [0.29, 0.717) is 31.5 Å². The topological polar surface area (TPSA) is 52.6 Å². The number of benzene rings is 1. The molecule has 6 heteroatoms. The molecule has 1 aromatic heterocycles. The minimum absolute atomic E-state index is 0.192. The number of carbonyl (C=O) groups excluding carboxylic acids is 1. The molecular weight excluding hydrogens is 339 g/mol. The molecule has 1 atom stereocenters. The van der Waals surface area contributed by atoms with E-state index in [1.165, 1.54) is 15.8 Å². The smallest absolute Gasteiger partial charge is 0.256 e. The third-order valence-corrected chi connectivity index (χ3v) is 5.54. The molecule has 134 valence electrons. The van der Waals surface area contributed by atoms with Crippen molar-refractivity contribution in [3.63, 3.8) is 0 Å². The molecule has 0 radical (unpaired) electrons. The summed E-state index contributed by atoms with van der Waals surface area (Å²) in [5.74, 6) is -0.646. The lowest BCUT2D eigenvalue weighted by Crippen LogP contribution is -2.57. The Balaban J connectivity index is 1.61. The minimum Gasteiger partial charge on any atom is -0.379 e. The molecule has 2 aromatic rings. The first kappa shape index (κ1) is 18.0. The molecule has 1 aliphatic heterocycles. The number of aryl methyl sites for hydroxylation is 1. The largest absolute Gasteiger partial charge is 0.379 e. The van der Waals surface area contributed by atoms with Gasteiger partial charge >= 0.3 is 0 Å². The van der Waals surface area contributed by atoms with E-state index in [-0.39, 0.29) is 24.8 Å². The van der Waals surface area contributed by atoms with Crippen LogP contribution in [0.15, 0.2) is 36.4 Å². The van der Waals surface area contributed by atoms with Gasteiger partial charge in [-0.3, -0.25) is 4.79 Å². The van der Waals surface area contributed by atoms with Gasteiger partial charge in [0.2, 0.25) is 0 Å².